The van der Waals surface area contributed by atoms with Gasteiger partial charge in [0.2, 0.25) is 0 Å². The monoisotopic (exact) mass is 772 g/mol. The predicted octanol–water partition coefficient (Wildman–Crippen LogP) is 9.85. The Morgan fingerprint density at radius 1 is 0.275 bits per heavy atom. The van der Waals surface area contributed by atoms with E-state index in [4.69, 9.17) is 0 Å². The van der Waals surface area contributed by atoms with Crippen LogP contribution >= 0.6 is 31.7 Å². The number of rotatable bonds is 12. The van der Waals surface area contributed by atoms with Gasteiger partial charge in [0.05, 0.1) is 0 Å². The van der Waals surface area contributed by atoms with E-state index in [2.05, 4.69) is 0 Å². The molecule has 0 aromatic heterocycles. The molecule has 260 valence electrons. The van der Waals surface area contributed by atoms with Crippen molar-refractivity contribution in [1.82, 2.24) is 0 Å². The Hall–Kier alpha value is -3.52. The molecule has 2 unspecified atom stereocenters. The second kappa shape index (κ2) is 16.9. The third-order valence-electron chi connectivity index (χ3n) is 7.84. The van der Waals surface area contributed by atoms with E-state index < -0.39 is 78.2 Å². The highest BCUT2D eigenvalue weighted by Gasteiger charge is 2.29. The molecule has 0 N–H and O–H groups in total. The van der Waals surface area contributed by atoms with Crippen LogP contribution in [0.1, 0.15) is 0 Å². The number of benzene rings is 6. The summed E-state index contributed by atoms with van der Waals surface area (Å²) in [6.07, 6.45) is 0. The zero-order valence-corrected chi connectivity index (χ0v) is 30.2. The molecule has 51 heavy (non-hydrogen) atoms. The van der Waals surface area contributed by atoms with Gasteiger partial charge in [-0.3, -0.25) is 0 Å². The first kappa shape index (κ1) is 37.2. The summed E-state index contributed by atoms with van der Waals surface area (Å²) in [5.74, 6) is -5.47. The summed E-state index contributed by atoms with van der Waals surface area (Å²) in [7, 11) is -5.95. The highest BCUT2D eigenvalue weighted by Crippen LogP contribution is 2.60. The van der Waals surface area contributed by atoms with Crippen LogP contribution < -0.4 is 31.8 Å². The van der Waals surface area contributed by atoms with Gasteiger partial charge in [0.1, 0.15) is 46.5 Å². The van der Waals surface area contributed by atoms with Gasteiger partial charge in [-0.05, 0) is 102 Å². The minimum absolute atomic E-state index is 0.271. The van der Waals surface area contributed by atoms with E-state index in [1.807, 2.05) is 60.7 Å². The van der Waals surface area contributed by atoms with E-state index in [0.717, 1.165) is 34.9 Å². The van der Waals surface area contributed by atoms with E-state index in [-0.39, 0.29) is 21.2 Å². The molecule has 0 radical (unpaired) electrons. The standard InChI is InChI=1S/C39H28F8P4/c40-26-11-27(41)16-36(15-26)50(37-17-28(42)12-29(43)18-37)24-48(34-7-3-1-4-8-34)23-49(35-9-5-2-6-10-35)25-51(38-19-30(44)13-31(45)20-38)39-21-32(46)14-33(47)22-39/h1-22H,23-25H2. The van der Waals surface area contributed by atoms with E-state index in [1.54, 1.807) is 0 Å². The number of hydrogen-bond acceptors (Lipinski definition) is 0. The first-order chi connectivity index (χ1) is 24.5. The summed E-state index contributed by atoms with van der Waals surface area (Å²) >= 11 is 0. The highest BCUT2D eigenvalue weighted by molar-refractivity contribution is 7.93. The van der Waals surface area contributed by atoms with Crippen molar-refractivity contribution >= 4 is 63.5 Å². The molecule has 6 aromatic rings. The molecule has 0 aliphatic carbocycles. The van der Waals surface area contributed by atoms with Gasteiger partial charge in [0.25, 0.3) is 0 Å². The van der Waals surface area contributed by atoms with Gasteiger partial charge in [-0.25, -0.2) is 35.1 Å². The van der Waals surface area contributed by atoms with E-state index >= 15 is 0 Å². The van der Waals surface area contributed by atoms with Crippen LogP contribution in [0.15, 0.2) is 133 Å². The van der Waals surface area contributed by atoms with Crippen LogP contribution in [-0.4, -0.2) is 17.7 Å². The molecule has 12 heteroatoms. The molecule has 6 aromatic carbocycles. The van der Waals surface area contributed by atoms with Gasteiger partial charge >= 0.3 is 0 Å². The fourth-order valence-electron chi connectivity index (χ4n) is 5.65. The molecule has 0 amide bonds. The quantitative estimate of drug-likeness (QED) is 0.0859. The van der Waals surface area contributed by atoms with Crippen molar-refractivity contribution in [2.75, 3.05) is 17.7 Å². The van der Waals surface area contributed by atoms with Gasteiger partial charge < -0.3 is 0 Å². The molecule has 0 saturated carbocycles. The summed E-state index contributed by atoms with van der Waals surface area (Å²) in [6, 6.07) is 31.3. The molecule has 0 fully saturated rings. The summed E-state index contributed by atoms with van der Waals surface area (Å²) in [5.41, 5.74) is 0. The van der Waals surface area contributed by atoms with Gasteiger partial charge in [0.15, 0.2) is 0 Å². The van der Waals surface area contributed by atoms with Crippen molar-refractivity contribution in [2.24, 2.45) is 0 Å². The van der Waals surface area contributed by atoms with Gasteiger partial charge in [-0.2, -0.15) is 0 Å². The van der Waals surface area contributed by atoms with Crippen LogP contribution in [0.3, 0.4) is 0 Å². The minimum Gasteiger partial charge on any atom is -0.207 e. The van der Waals surface area contributed by atoms with Gasteiger partial charge in [0, 0.05) is 36.1 Å². The SMILES string of the molecule is Fc1cc(F)cc(P(CP(CP(CP(c2cc(F)cc(F)c2)c2cc(F)cc(F)c2)c2ccccc2)c2ccccc2)c2cc(F)cc(F)c2)c1. The zero-order chi connectivity index (χ0) is 36.1. The first-order valence-electron chi connectivity index (χ1n) is 15.5. The van der Waals surface area contributed by atoms with Crippen LogP contribution in [0.4, 0.5) is 35.1 Å². The predicted molar refractivity (Wildman–Crippen MR) is 198 cm³/mol. The summed E-state index contributed by atoms with van der Waals surface area (Å²) in [5, 5.41) is 2.94. The van der Waals surface area contributed by atoms with E-state index in [1.165, 1.54) is 48.5 Å². The lowest BCUT2D eigenvalue weighted by atomic mass is 10.3. The molecule has 0 heterocycles. The lowest BCUT2D eigenvalue weighted by molar-refractivity contribution is 0.584. The third-order valence-corrected chi connectivity index (χ3v) is 21.2. The molecular weight excluding hydrogens is 744 g/mol. The van der Waals surface area contributed by atoms with Crippen LogP contribution in [0.25, 0.3) is 0 Å². The third kappa shape index (κ3) is 9.88. The smallest absolute Gasteiger partial charge is 0.126 e. The van der Waals surface area contributed by atoms with Crippen molar-refractivity contribution in [1.29, 1.82) is 0 Å². The van der Waals surface area contributed by atoms with Crippen LogP contribution in [-0.2, 0) is 0 Å². The second-order valence-corrected chi connectivity index (χ2v) is 21.9. The van der Waals surface area contributed by atoms with Crippen molar-refractivity contribution in [3.8, 4) is 0 Å². The molecule has 0 bridgehead atoms. The summed E-state index contributed by atoms with van der Waals surface area (Å²) in [4.78, 5) is 0. The van der Waals surface area contributed by atoms with E-state index in [9.17, 15) is 35.1 Å². The highest BCUT2D eigenvalue weighted by atomic mass is 31.2. The Morgan fingerprint density at radius 2 is 0.510 bits per heavy atom. The molecule has 0 aliphatic heterocycles. The van der Waals surface area contributed by atoms with Crippen molar-refractivity contribution in [3.05, 3.63) is 180 Å². The van der Waals surface area contributed by atoms with Crippen molar-refractivity contribution in [2.45, 2.75) is 0 Å². The molecule has 0 nitrogen and oxygen atoms in total. The Morgan fingerprint density at radius 3 is 0.745 bits per heavy atom. The Labute approximate surface area is 295 Å². The summed E-state index contributed by atoms with van der Waals surface area (Å²) < 4.78 is 117. The van der Waals surface area contributed by atoms with Gasteiger partial charge in [-0.15, -0.1) is 0 Å². The molecule has 2 atom stereocenters. The normalized spacial score (nSPS) is 12.7. The van der Waals surface area contributed by atoms with Crippen LogP contribution in [0, 0.1) is 46.5 Å². The largest absolute Gasteiger partial charge is 0.207 e. The topological polar surface area (TPSA) is 0 Å². The molecular formula is C39H28F8P4. The lowest BCUT2D eigenvalue weighted by Crippen LogP contribution is -2.21. The molecule has 0 aliphatic rings. The Balaban J connectivity index is 1.48. The van der Waals surface area contributed by atoms with Crippen LogP contribution in [0.5, 0.6) is 0 Å². The lowest BCUT2D eigenvalue weighted by Gasteiger charge is -2.32. The first-order valence-corrected chi connectivity index (χ1v) is 22.0. The Kier molecular flexibility index (Phi) is 12.3. The fourth-order valence-corrected chi connectivity index (χ4v) is 21.6. The number of halogens is 8. The average molecular weight is 773 g/mol. The second-order valence-electron chi connectivity index (χ2n) is 11.5. The maximum atomic E-state index is 14.7. The summed E-state index contributed by atoms with van der Waals surface area (Å²) in [6.45, 7) is 0. The minimum atomic E-state index is -1.72. The maximum Gasteiger partial charge on any atom is 0.126 e. The Bertz CT molecular complexity index is 1780. The molecule has 0 spiro atoms. The fraction of sp³-hybridized carbons (Fsp3) is 0.0769. The zero-order valence-electron chi connectivity index (χ0n) is 26.6. The molecule has 0 saturated heterocycles. The van der Waals surface area contributed by atoms with Gasteiger partial charge in [-0.1, -0.05) is 76.5 Å². The maximum absolute atomic E-state index is 14.7. The van der Waals surface area contributed by atoms with Crippen molar-refractivity contribution in [3.63, 3.8) is 0 Å². The van der Waals surface area contributed by atoms with E-state index in [0.29, 0.717) is 17.7 Å². The average Bonchev–Trinajstić information content (AvgIpc) is 3.07. The van der Waals surface area contributed by atoms with Crippen LogP contribution in [0.2, 0.25) is 0 Å². The number of hydrogen-bond donors (Lipinski definition) is 0. The van der Waals surface area contributed by atoms with Crippen molar-refractivity contribution < 1.29 is 35.1 Å². The molecule has 6 rings (SSSR count).